The number of benzene rings is 3. The molecule has 0 bridgehead atoms. The molecule has 1 aliphatic heterocycles. The van der Waals surface area contributed by atoms with E-state index in [-0.39, 0.29) is 23.7 Å². The van der Waals surface area contributed by atoms with E-state index in [0.717, 1.165) is 5.56 Å². The minimum Gasteiger partial charge on any atom is -0.486 e. The Labute approximate surface area is 184 Å². The molecule has 0 atom stereocenters. The number of amides is 1. The van der Waals surface area contributed by atoms with Crippen molar-refractivity contribution in [3.8, 4) is 11.5 Å². The van der Waals surface area contributed by atoms with E-state index < -0.39 is 12.6 Å². The molecule has 32 heavy (non-hydrogen) atoms. The zero-order valence-electron chi connectivity index (χ0n) is 17.2. The van der Waals surface area contributed by atoms with Gasteiger partial charge in [-0.1, -0.05) is 42.5 Å². The third kappa shape index (κ3) is 5.13. The van der Waals surface area contributed by atoms with Gasteiger partial charge in [-0.15, -0.1) is 0 Å². The third-order valence-corrected chi connectivity index (χ3v) is 4.83. The minimum absolute atomic E-state index is 0.170. The maximum atomic E-state index is 12.6. The summed E-state index contributed by atoms with van der Waals surface area (Å²) in [5.41, 5.74) is 1.70. The van der Waals surface area contributed by atoms with Crippen LogP contribution in [0, 0.1) is 0 Å². The van der Waals surface area contributed by atoms with Gasteiger partial charge in [-0.25, -0.2) is 4.79 Å². The molecule has 7 nitrogen and oxygen atoms in total. The molecular weight excluding hydrogens is 410 g/mol. The Kier molecular flexibility index (Phi) is 6.46. The fraction of sp³-hybridized carbons (Fsp3) is 0.160. The van der Waals surface area contributed by atoms with E-state index >= 15 is 0 Å². The molecule has 3 aromatic carbocycles. The molecule has 1 amide bonds. The summed E-state index contributed by atoms with van der Waals surface area (Å²) >= 11 is 0. The maximum Gasteiger partial charge on any atom is 0.340 e. The highest BCUT2D eigenvalue weighted by molar-refractivity contribution is 6.03. The number of nitrogens with one attached hydrogen (secondary N) is 1. The predicted molar refractivity (Wildman–Crippen MR) is 117 cm³/mol. The zero-order chi connectivity index (χ0) is 22.3. The van der Waals surface area contributed by atoms with Crippen LogP contribution in [0.3, 0.4) is 0 Å². The van der Waals surface area contributed by atoms with E-state index in [0.29, 0.717) is 36.0 Å². The Morgan fingerprint density at radius 3 is 2.38 bits per heavy atom. The van der Waals surface area contributed by atoms with E-state index in [1.807, 2.05) is 30.3 Å². The predicted octanol–water partition coefficient (Wildman–Crippen LogP) is 3.68. The second-order valence-electron chi connectivity index (χ2n) is 7.11. The van der Waals surface area contributed by atoms with Crippen LogP contribution in [0.15, 0.2) is 72.8 Å². The molecule has 0 saturated heterocycles. The van der Waals surface area contributed by atoms with E-state index in [1.165, 1.54) is 6.07 Å². The molecule has 0 aliphatic carbocycles. The van der Waals surface area contributed by atoms with Gasteiger partial charge in [0.25, 0.3) is 0 Å². The monoisotopic (exact) mass is 431 g/mol. The van der Waals surface area contributed by atoms with Crippen LogP contribution in [0.2, 0.25) is 0 Å². The van der Waals surface area contributed by atoms with Crippen LogP contribution in [0.5, 0.6) is 11.5 Å². The van der Waals surface area contributed by atoms with Gasteiger partial charge in [0.2, 0.25) is 5.91 Å². The summed E-state index contributed by atoms with van der Waals surface area (Å²) in [5.74, 6) is -0.277. The van der Waals surface area contributed by atoms with Crippen LogP contribution >= 0.6 is 0 Å². The number of fused-ring (bicyclic) bond motifs is 1. The van der Waals surface area contributed by atoms with Gasteiger partial charge in [0.15, 0.2) is 23.9 Å². The lowest BCUT2D eigenvalue weighted by atomic mass is 10.1. The fourth-order valence-corrected chi connectivity index (χ4v) is 3.25. The summed E-state index contributed by atoms with van der Waals surface area (Å²) in [7, 11) is 0. The van der Waals surface area contributed by atoms with Crippen LogP contribution in [0.25, 0.3) is 0 Å². The number of Topliss-reactive ketones (excluding diaryl/α,β-unsaturated/α-hetero) is 1. The van der Waals surface area contributed by atoms with Crippen LogP contribution in [0.1, 0.15) is 26.3 Å². The van der Waals surface area contributed by atoms with Gasteiger partial charge in [0.1, 0.15) is 13.2 Å². The first-order valence-electron chi connectivity index (χ1n) is 10.1. The largest absolute Gasteiger partial charge is 0.486 e. The van der Waals surface area contributed by atoms with E-state index in [2.05, 4.69) is 5.32 Å². The van der Waals surface area contributed by atoms with Crippen molar-refractivity contribution in [3.05, 3.63) is 89.5 Å². The summed E-state index contributed by atoms with van der Waals surface area (Å²) in [5, 5.41) is 2.74. The minimum atomic E-state index is -0.702. The summed E-state index contributed by atoms with van der Waals surface area (Å²) in [6.45, 7) is 0.427. The quantitative estimate of drug-likeness (QED) is 0.453. The molecule has 0 fully saturated rings. The van der Waals surface area contributed by atoms with Crippen molar-refractivity contribution in [1.29, 1.82) is 0 Å². The third-order valence-electron chi connectivity index (χ3n) is 4.83. The number of ether oxygens (including phenoxy) is 3. The van der Waals surface area contributed by atoms with Gasteiger partial charge >= 0.3 is 5.97 Å². The van der Waals surface area contributed by atoms with Gasteiger partial charge in [0, 0.05) is 5.56 Å². The molecule has 0 spiro atoms. The summed E-state index contributed by atoms with van der Waals surface area (Å²) < 4.78 is 16.1. The van der Waals surface area contributed by atoms with Crippen molar-refractivity contribution in [3.63, 3.8) is 0 Å². The van der Waals surface area contributed by atoms with Crippen LogP contribution < -0.4 is 14.8 Å². The van der Waals surface area contributed by atoms with Crippen molar-refractivity contribution in [2.24, 2.45) is 0 Å². The number of para-hydroxylation sites is 1. The average Bonchev–Trinajstić information content (AvgIpc) is 2.83. The normalized spacial score (nSPS) is 12.0. The number of rotatable bonds is 7. The van der Waals surface area contributed by atoms with Gasteiger partial charge in [0.05, 0.1) is 17.7 Å². The lowest BCUT2D eigenvalue weighted by Gasteiger charge is -2.18. The topological polar surface area (TPSA) is 90.9 Å². The van der Waals surface area contributed by atoms with Crippen molar-refractivity contribution < 1.29 is 28.6 Å². The fourth-order valence-electron chi connectivity index (χ4n) is 3.25. The molecule has 1 heterocycles. The highest BCUT2D eigenvalue weighted by Crippen LogP contribution is 2.30. The second kappa shape index (κ2) is 9.78. The number of carbonyl (C=O) groups is 3. The summed E-state index contributed by atoms with van der Waals surface area (Å²) in [6, 6.07) is 20.6. The summed E-state index contributed by atoms with van der Waals surface area (Å²) in [6.07, 6.45) is 0.173. The number of esters is 1. The van der Waals surface area contributed by atoms with E-state index in [9.17, 15) is 14.4 Å². The Morgan fingerprint density at radius 1 is 0.844 bits per heavy atom. The van der Waals surface area contributed by atoms with Crippen molar-refractivity contribution in [2.75, 3.05) is 25.1 Å². The molecule has 0 saturated carbocycles. The average molecular weight is 431 g/mol. The zero-order valence-corrected chi connectivity index (χ0v) is 17.2. The summed E-state index contributed by atoms with van der Waals surface area (Å²) in [4.78, 5) is 37.5. The molecule has 4 rings (SSSR count). The smallest absolute Gasteiger partial charge is 0.340 e. The molecule has 3 aromatic rings. The van der Waals surface area contributed by atoms with Gasteiger partial charge in [-0.05, 0) is 35.9 Å². The van der Waals surface area contributed by atoms with Crippen LogP contribution in [0.4, 0.5) is 5.69 Å². The van der Waals surface area contributed by atoms with Crippen molar-refractivity contribution >= 4 is 23.3 Å². The van der Waals surface area contributed by atoms with E-state index in [4.69, 9.17) is 14.2 Å². The molecular formula is C25H21NO6. The first kappa shape index (κ1) is 21.1. The Balaban J connectivity index is 1.38. The Hall–Kier alpha value is -4.13. The highest BCUT2D eigenvalue weighted by atomic mass is 16.6. The number of carbonyl (C=O) groups excluding carboxylic acids is 3. The lowest BCUT2D eigenvalue weighted by molar-refractivity contribution is -0.115. The van der Waals surface area contributed by atoms with Crippen molar-refractivity contribution in [2.45, 2.75) is 6.42 Å². The number of ketones is 1. The first-order chi connectivity index (χ1) is 15.6. The van der Waals surface area contributed by atoms with E-state index in [1.54, 1.807) is 36.4 Å². The molecule has 0 unspecified atom stereocenters. The van der Waals surface area contributed by atoms with Crippen LogP contribution in [-0.4, -0.2) is 37.5 Å². The number of hydrogen-bond donors (Lipinski definition) is 1. The van der Waals surface area contributed by atoms with Gasteiger partial charge in [-0.2, -0.15) is 0 Å². The lowest BCUT2D eigenvalue weighted by Crippen LogP contribution is -2.19. The molecule has 1 N–H and O–H groups in total. The highest BCUT2D eigenvalue weighted by Gasteiger charge is 2.19. The van der Waals surface area contributed by atoms with Crippen LogP contribution in [-0.2, 0) is 16.0 Å². The number of hydrogen-bond acceptors (Lipinski definition) is 6. The molecule has 0 radical (unpaired) electrons. The standard InChI is InChI=1S/C25H21NO6/c27-21(18-10-11-22-23(15-18)31-13-12-30-22)16-32-25(29)19-8-4-5-9-20(19)26-24(28)14-17-6-2-1-3-7-17/h1-11,15H,12-14,16H2,(H,26,28). The Bertz CT molecular complexity index is 1140. The number of anilines is 1. The molecule has 7 heteroatoms. The molecule has 0 aromatic heterocycles. The van der Waals surface area contributed by atoms with Crippen molar-refractivity contribution in [1.82, 2.24) is 0 Å². The van der Waals surface area contributed by atoms with Gasteiger partial charge < -0.3 is 19.5 Å². The molecule has 1 aliphatic rings. The second-order valence-corrected chi connectivity index (χ2v) is 7.11. The molecule has 162 valence electrons. The maximum absolute atomic E-state index is 12.6. The SMILES string of the molecule is O=C(Cc1ccccc1)Nc1ccccc1C(=O)OCC(=O)c1ccc2c(c1)OCCO2. The first-order valence-corrected chi connectivity index (χ1v) is 10.1. The Morgan fingerprint density at radius 2 is 1.56 bits per heavy atom. The van der Waals surface area contributed by atoms with Gasteiger partial charge in [-0.3, -0.25) is 9.59 Å².